The smallest absolute Gasteiger partial charge is 0.147 e. The average molecular weight is 389 g/mol. The number of halogens is 2. The van der Waals surface area contributed by atoms with Crippen molar-refractivity contribution >= 4 is 31.9 Å². The number of hydrogen-bond donors (Lipinski definition) is 1. The molecule has 2 aromatic rings. The lowest BCUT2D eigenvalue weighted by Crippen LogP contribution is -2.07. The van der Waals surface area contributed by atoms with Crippen LogP contribution in [-0.4, -0.2) is 16.4 Å². The summed E-state index contributed by atoms with van der Waals surface area (Å²) in [6.45, 7) is 1.10. The predicted molar refractivity (Wildman–Crippen MR) is 82.1 cm³/mol. The van der Waals surface area contributed by atoms with Gasteiger partial charge in [-0.15, -0.1) is 0 Å². The van der Waals surface area contributed by atoms with Gasteiger partial charge in [0.05, 0.1) is 15.6 Å². The van der Waals surface area contributed by atoms with E-state index in [4.69, 9.17) is 10.5 Å². The van der Waals surface area contributed by atoms with Crippen molar-refractivity contribution < 1.29 is 4.74 Å². The highest BCUT2D eigenvalue weighted by Gasteiger charge is 2.09. The van der Waals surface area contributed by atoms with Crippen LogP contribution in [0.2, 0.25) is 0 Å². The first-order valence-electron chi connectivity index (χ1n) is 5.89. The molecule has 0 amide bonds. The second-order valence-electron chi connectivity index (χ2n) is 4.14. The Morgan fingerprint density at radius 1 is 1.32 bits per heavy atom. The van der Waals surface area contributed by atoms with Crippen LogP contribution in [0, 0.1) is 0 Å². The molecule has 0 radical (unpaired) electrons. The Kier molecular flexibility index (Phi) is 5.01. The standard InChI is InChI=1S/C13H15Br2N3O/c1-18-10(2-4-17-18)3-5-19-13-11(14)6-9(8-16)7-12(13)15/h2,4,6-7H,3,5,8,16H2,1H3. The Labute approximate surface area is 129 Å². The molecule has 1 heterocycles. The van der Waals surface area contributed by atoms with Crippen LogP contribution in [0.1, 0.15) is 11.3 Å². The predicted octanol–water partition coefficient (Wildman–Crippen LogP) is 3.03. The van der Waals surface area contributed by atoms with Crippen molar-refractivity contribution in [1.82, 2.24) is 9.78 Å². The summed E-state index contributed by atoms with van der Waals surface area (Å²) in [6.07, 6.45) is 2.60. The number of nitrogens with zero attached hydrogens (tertiary/aromatic N) is 2. The number of nitrogens with two attached hydrogens (primary N) is 1. The molecule has 0 aliphatic rings. The zero-order valence-electron chi connectivity index (χ0n) is 10.6. The van der Waals surface area contributed by atoms with Crippen LogP contribution in [0.3, 0.4) is 0 Å². The van der Waals surface area contributed by atoms with Gasteiger partial charge in [-0.2, -0.15) is 5.10 Å². The van der Waals surface area contributed by atoms with Crippen LogP contribution >= 0.6 is 31.9 Å². The minimum Gasteiger partial charge on any atom is -0.491 e. The van der Waals surface area contributed by atoms with E-state index < -0.39 is 0 Å². The van der Waals surface area contributed by atoms with Crippen LogP contribution in [0.5, 0.6) is 5.75 Å². The first-order chi connectivity index (χ1) is 9.11. The van der Waals surface area contributed by atoms with Gasteiger partial charge in [-0.05, 0) is 55.6 Å². The van der Waals surface area contributed by atoms with Crippen molar-refractivity contribution in [1.29, 1.82) is 0 Å². The van der Waals surface area contributed by atoms with E-state index in [-0.39, 0.29) is 0 Å². The molecule has 2 rings (SSSR count). The van der Waals surface area contributed by atoms with Crippen molar-refractivity contribution in [3.05, 3.63) is 44.6 Å². The van der Waals surface area contributed by atoms with Gasteiger partial charge in [-0.25, -0.2) is 0 Å². The molecular weight excluding hydrogens is 374 g/mol. The minimum atomic E-state index is 0.506. The molecule has 0 spiro atoms. The van der Waals surface area contributed by atoms with Crippen LogP contribution in [-0.2, 0) is 20.0 Å². The van der Waals surface area contributed by atoms with E-state index in [9.17, 15) is 0 Å². The second-order valence-corrected chi connectivity index (χ2v) is 5.85. The maximum atomic E-state index is 5.82. The Morgan fingerprint density at radius 3 is 2.53 bits per heavy atom. The van der Waals surface area contributed by atoms with E-state index in [1.807, 2.05) is 29.9 Å². The Morgan fingerprint density at radius 2 is 2.00 bits per heavy atom. The lowest BCUT2D eigenvalue weighted by Gasteiger charge is -2.12. The lowest BCUT2D eigenvalue weighted by molar-refractivity contribution is 0.314. The molecule has 102 valence electrons. The fraction of sp³-hybridized carbons (Fsp3) is 0.308. The molecule has 1 aromatic carbocycles. The molecule has 0 saturated heterocycles. The molecule has 1 aromatic heterocycles. The van der Waals surface area contributed by atoms with Crippen LogP contribution in [0.15, 0.2) is 33.3 Å². The van der Waals surface area contributed by atoms with E-state index in [1.54, 1.807) is 6.20 Å². The van der Waals surface area contributed by atoms with Gasteiger partial charge in [0.15, 0.2) is 0 Å². The minimum absolute atomic E-state index is 0.506. The first-order valence-corrected chi connectivity index (χ1v) is 7.48. The summed E-state index contributed by atoms with van der Waals surface area (Å²) in [7, 11) is 1.93. The summed E-state index contributed by atoms with van der Waals surface area (Å²) < 4.78 is 9.49. The lowest BCUT2D eigenvalue weighted by atomic mass is 10.2. The zero-order chi connectivity index (χ0) is 13.8. The fourth-order valence-corrected chi connectivity index (χ4v) is 3.28. The highest BCUT2D eigenvalue weighted by Crippen LogP contribution is 2.34. The maximum Gasteiger partial charge on any atom is 0.147 e. The Bertz CT molecular complexity index is 546. The number of aryl methyl sites for hydroxylation is 1. The van der Waals surface area contributed by atoms with Gasteiger partial charge in [0.1, 0.15) is 5.75 Å². The maximum absolute atomic E-state index is 5.82. The molecule has 0 fully saturated rings. The van der Waals surface area contributed by atoms with Crippen molar-refractivity contribution in [2.75, 3.05) is 6.61 Å². The van der Waals surface area contributed by atoms with Crippen molar-refractivity contribution in [3.63, 3.8) is 0 Å². The number of rotatable bonds is 5. The SMILES string of the molecule is Cn1nccc1CCOc1c(Br)cc(CN)cc1Br. The molecule has 0 atom stereocenters. The quantitative estimate of drug-likeness (QED) is 0.856. The largest absolute Gasteiger partial charge is 0.491 e. The highest BCUT2D eigenvalue weighted by atomic mass is 79.9. The number of ether oxygens (including phenoxy) is 1. The molecule has 0 unspecified atom stereocenters. The Hall–Kier alpha value is -0.850. The van der Waals surface area contributed by atoms with Gasteiger partial charge < -0.3 is 10.5 Å². The van der Waals surface area contributed by atoms with E-state index >= 15 is 0 Å². The summed E-state index contributed by atoms with van der Waals surface area (Å²) in [5.74, 6) is 0.805. The van der Waals surface area contributed by atoms with Gasteiger partial charge in [-0.3, -0.25) is 4.68 Å². The van der Waals surface area contributed by atoms with Crippen LogP contribution < -0.4 is 10.5 Å². The van der Waals surface area contributed by atoms with Gasteiger partial charge in [0, 0.05) is 31.9 Å². The molecule has 0 saturated carbocycles. The molecule has 0 bridgehead atoms. The monoisotopic (exact) mass is 387 g/mol. The zero-order valence-corrected chi connectivity index (χ0v) is 13.7. The molecule has 6 heteroatoms. The van der Waals surface area contributed by atoms with Crippen molar-refractivity contribution in [2.45, 2.75) is 13.0 Å². The van der Waals surface area contributed by atoms with Gasteiger partial charge in [0.2, 0.25) is 0 Å². The van der Waals surface area contributed by atoms with E-state index in [0.717, 1.165) is 32.4 Å². The summed E-state index contributed by atoms with van der Waals surface area (Å²) in [6, 6.07) is 5.94. The number of aromatic nitrogens is 2. The van der Waals surface area contributed by atoms with Gasteiger partial charge >= 0.3 is 0 Å². The Balaban J connectivity index is 2.02. The summed E-state index contributed by atoms with van der Waals surface area (Å²) in [5, 5.41) is 4.13. The number of benzene rings is 1. The summed E-state index contributed by atoms with van der Waals surface area (Å²) in [4.78, 5) is 0. The molecule has 4 nitrogen and oxygen atoms in total. The van der Waals surface area contributed by atoms with Crippen molar-refractivity contribution in [2.24, 2.45) is 12.8 Å². The topological polar surface area (TPSA) is 53.1 Å². The van der Waals surface area contributed by atoms with Crippen molar-refractivity contribution in [3.8, 4) is 5.75 Å². The second kappa shape index (κ2) is 6.54. The van der Waals surface area contributed by atoms with E-state index in [2.05, 4.69) is 37.0 Å². The first kappa shape index (κ1) is 14.6. The highest BCUT2D eigenvalue weighted by molar-refractivity contribution is 9.11. The molecule has 2 N–H and O–H groups in total. The summed E-state index contributed by atoms with van der Waals surface area (Å²) >= 11 is 7.01. The molecular formula is C13H15Br2N3O. The summed E-state index contributed by atoms with van der Waals surface area (Å²) in [5.41, 5.74) is 7.82. The fourth-order valence-electron chi connectivity index (χ4n) is 1.77. The van der Waals surface area contributed by atoms with E-state index in [0.29, 0.717) is 13.2 Å². The molecule has 0 aliphatic heterocycles. The third-order valence-corrected chi connectivity index (χ3v) is 4.00. The third-order valence-electron chi connectivity index (χ3n) is 2.82. The van der Waals surface area contributed by atoms with Gasteiger partial charge in [0.25, 0.3) is 0 Å². The van der Waals surface area contributed by atoms with Crippen LogP contribution in [0.25, 0.3) is 0 Å². The average Bonchev–Trinajstić information content (AvgIpc) is 2.78. The van der Waals surface area contributed by atoms with E-state index in [1.165, 1.54) is 0 Å². The molecule has 19 heavy (non-hydrogen) atoms. The van der Waals surface area contributed by atoms with Gasteiger partial charge in [-0.1, -0.05) is 0 Å². The number of hydrogen-bond acceptors (Lipinski definition) is 3. The third kappa shape index (κ3) is 3.58. The normalized spacial score (nSPS) is 10.7. The van der Waals surface area contributed by atoms with Crippen LogP contribution in [0.4, 0.5) is 0 Å². The molecule has 0 aliphatic carbocycles.